The Hall–Kier alpha value is -0.0800. The number of aliphatic hydroxyl groups is 1. The summed E-state index contributed by atoms with van der Waals surface area (Å²) in [6.07, 6.45) is 3.47. The predicted octanol–water partition coefficient (Wildman–Crippen LogP) is 1.15. The van der Waals surface area contributed by atoms with Crippen molar-refractivity contribution in [3.63, 3.8) is 0 Å². The summed E-state index contributed by atoms with van der Waals surface area (Å²) in [6.45, 7) is 6.02. The maximum absolute atomic E-state index is 9.54. The summed E-state index contributed by atoms with van der Waals surface area (Å²) in [5, 5.41) is 12.9. The number of piperidine rings is 1. The summed E-state index contributed by atoms with van der Waals surface area (Å²) in [5.41, 5.74) is -0.482. The maximum Gasteiger partial charge on any atom is 0.0594 e. The Kier molecular flexibility index (Phi) is 2.90. The van der Waals surface area contributed by atoms with Gasteiger partial charge in [0.2, 0.25) is 0 Å². The number of hydrogen-bond donors (Lipinski definition) is 2. The zero-order valence-corrected chi connectivity index (χ0v) is 7.56. The number of rotatable bonds is 2. The highest BCUT2D eigenvalue weighted by Gasteiger charge is 2.21. The Labute approximate surface area is 69.0 Å². The maximum atomic E-state index is 9.54. The fraction of sp³-hybridized carbons (Fsp3) is 1.00. The van der Waals surface area contributed by atoms with E-state index in [2.05, 4.69) is 5.32 Å². The zero-order valence-electron chi connectivity index (χ0n) is 7.56. The van der Waals surface area contributed by atoms with Crippen molar-refractivity contribution in [3.05, 3.63) is 0 Å². The van der Waals surface area contributed by atoms with Crippen molar-refractivity contribution in [2.45, 2.75) is 38.7 Å². The van der Waals surface area contributed by atoms with Crippen molar-refractivity contribution >= 4 is 0 Å². The minimum atomic E-state index is -0.482. The molecular weight excluding hydrogens is 138 g/mol. The summed E-state index contributed by atoms with van der Waals surface area (Å²) < 4.78 is 0. The molecule has 2 nitrogen and oxygen atoms in total. The minimum absolute atomic E-state index is 0.482. The van der Waals surface area contributed by atoms with Gasteiger partial charge in [-0.05, 0) is 52.1 Å². The van der Waals surface area contributed by atoms with Crippen molar-refractivity contribution < 1.29 is 5.11 Å². The lowest BCUT2D eigenvalue weighted by Gasteiger charge is -2.28. The highest BCUT2D eigenvalue weighted by atomic mass is 16.3. The van der Waals surface area contributed by atoms with Crippen molar-refractivity contribution in [2.24, 2.45) is 5.92 Å². The Morgan fingerprint density at radius 1 is 1.55 bits per heavy atom. The van der Waals surface area contributed by atoms with Crippen molar-refractivity contribution in [3.8, 4) is 0 Å². The quantitative estimate of drug-likeness (QED) is 0.630. The van der Waals surface area contributed by atoms with E-state index in [0.717, 1.165) is 19.5 Å². The molecule has 2 heteroatoms. The van der Waals surface area contributed by atoms with Crippen LogP contribution in [0.5, 0.6) is 0 Å². The van der Waals surface area contributed by atoms with Crippen LogP contribution >= 0.6 is 0 Å². The van der Waals surface area contributed by atoms with Crippen LogP contribution in [0.25, 0.3) is 0 Å². The molecule has 1 saturated heterocycles. The highest BCUT2D eigenvalue weighted by Crippen LogP contribution is 2.21. The lowest BCUT2D eigenvalue weighted by molar-refractivity contribution is 0.0482. The molecule has 1 aliphatic rings. The van der Waals surface area contributed by atoms with Gasteiger partial charge < -0.3 is 10.4 Å². The van der Waals surface area contributed by atoms with Crippen LogP contribution in [0.3, 0.4) is 0 Å². The van der Waals surface area contributed by atoms with E-state index in [0.29, 0.717) is 5.92 Å². The third-order valence-corrected chi connectivity index (χ3v) is 2.19. The zero-order chi connectivity index (χ0) is 8.32. The van der Waals surface area contributed by atoms with E-state index in [1.54, 1.807) is 0 Å². The van der Waals surface area contributed by atoms with Gasteiger partial charge in [0, 0.05) is 0 Å². The van der Waals surface area contributed by atoms with Crippen molar-refractivity contribution in [1.29, 1.82) is 0 Å². The molecule has 11 heavy (non-hydrogen) atoms. The lowest BCUT2D eigenvalue weighted by Crippen LogP contribution is -2.34. The molecule has 0 saturated carbocycles. The molecule has 0 radical (unpaired) electrons. The van der Waals surface area contributed by atoms with Gasteiger partial charge in [0.05, 0.1) is 5.60 Å². The van der Waals surface area contributed by atoms with Crippen molar-refractivity contribution in [1.82, 2.24) is 5.32 Å². The van der Waals surface area contributed by atoms with E-state index in [1.165, 1.54) is 12.8 Å². The number of hydrogen-bond acceptors (Lipinski definition) is 2. The van der Waals surface area contributed by atoms with Crippen LogP contribution in [0.2, 0.25) is 0 Å². The minimum Gasteiger partial charge on any atom is -0.390 e. The molecule has 1 fully saturated rings. The summed E-state index contributed by atoms with van der Waals surface area (Å²) >= 11 is 0. The Balaban J connectivity index is 2.24. The molecule has 0 amide bonds. The first-order valence-corrected chi connectivity index (χ1v) is 4.51. The van der Waals surface area contributed by atoms with Gasteiger partial charge in [0.15, 0.2) is 0 Å². The first-order valence-electron chi connectivity index (χ1n) is 4.51. The van der Waals surface area contributed by atoms with Crippen LogP contribution < -0.4 is 5.32 Å². The molecule has 0 aromatic rings. The highest BCUT2D eigenvalue weighted by molar-refractivity contribution is 4.76. The van der Waals surface area contributed by atoms with Crippen LogP contribution in [0.4, 0.5) is 0 Å². The molecule has 0 bridgehead atoms. The van der Waals surface area contributed by atoms with Crippen LogP contribution in [-0.4, -0.2) is 23.8 Å². The Morgan fingerprint density at radius 2 is 2.27 bits per heavy atom. The normalized spacial score (nSPS) is 27.0. The molecule has 0 spiro atoms. The molecule has 0 aromatic heterocycles. The van der Waals surface area contributed by atoms with Gasteiger partial charge in [0.25, 0.3) is 0 Å². The molecule has 1 unspecified atom stereocenters. The van der Waals surface area contributed by atoms with Crippen LogP contribution in [0.1, 0.15) is 33.1 Å². The van der Waals surface area contributed by atoms with E-state index in [4.69, 9.17) is 0 Å². The lowest BCUT2D eigenvalue weighted by atomic mass is 9.88. The van der Waals surface area contributed by atoms with Gasteiger partial charge in [-0.3, -0.25) is 0 Å². The molecule has 66 valence electrons. The first kappa shape index (κ1) is 9.01. The number of nitrogens with one attached hydrogen (secondary N) is 1. The van der Waals surface area contributed by atoms with E-state index >= 15 is 0 Å². The molecule has 1 atom stereocenters. The molecule has 0 aromatic carbocycles. The molecule has 1 aliphatic heterocycles. The SMILES string of the molecule is CC(C)(O)CC1CCCNC1. The Bertz CT molecular complexity index is 111. The van der Waals surface area contributed by atoms with Crippen LogP contribution in [0.15, 0.2) is 0 Å². The molecule has 2 N–H and O–H groups in total. The molecule has 1 heterocycles. The fourth-order valence-corrected chi connectivity index (χ4v) is 1.80. The van der Waals surface area contributed by atoms with Gasteiger partial charge in [0.1, 0.15) is 0 Å². The van der Waals surface area contributed by atoms with Gasteiger partial charge in [-0.1, -0.05) is 0 Å². The van der Waals surface area contributed by atoms with Crippen molar-refractivity contribution in [2.75, 3.05) is 13.1 Å². The summed E-state index contributed by atoms with van der Waals surface area (Å²) in [5.74, 6) is 0.684. The Morgan fingerprint density at radius 3 is 2.73 bits per heavy atom. The summed E-state index contributed by atoms with van der Waals surface area (Å²) in [6, 6.07) is 0. The monoisotopic (exact) mass is 157 g/mol. The third kappa shape index (κ3) is 3.73. The first-order chi connectivity index (χ1) is 5.08. The second-order valence-electron chi connectivity index (χ2n) is 4.23. The summed E-state index contributed by atoms with van der Waals surface area (Å²) in [4.78, 5) is 0. The average Bonchev–Trinajstić information content (AvgIpc) is 1.85. The second kappa shape index (κ2) is 3.55. The third-order valence-electron chi connectivity index (χ3n) is 2.19. The predicted molar refractivity (Wildman–Crippen MR) is 46.5 cm³/mol. The van der Waals surface area contributed by atoms with Crippen LogP contribution in [0, 0.1) is 5.92 Å². The van der Waals surface area contributed by atoms with E-state index in [9.17, 15) is 5.11 Å². The van der Waals surface area contributed by atoms with Crippen LogP contribution in [-0.2, 0) is 0 Å². The second-order valence-corrected chi connectivity index (χ2v) is 4.23. The largest absolute Gasteiger partial charge is 0.390 e. The fourth-order valence-electron chi connectivity index (χ4n) is 1.80. The molecule has 1 rings (SSSR count). The van der Waals surface area contributed by atoms with Gasteiger partial charge in [-0.2, -0.15) is 0 Å². The van der Waals surface area contributed by atoms with E-state index in [1.807, 2.05) is 13.8 Å². The topological polar surface area (TPSA) is 32.3 Å². The molecular formula is C9H19NO. The smallest absolute Gasteiger partial charge is 0.0594 e. The van der Waals surface area contributed by atoms with E-state index < -0.39 is 5.60 Å². The standard InChI is InChI=1S/C9H19NO/c1-9(2,11)6-8-4-3-5-10-7-8/h8,10-11H,3-7H2,1-2H3. The van der Waals surface area contributed by atoms with Gasteiger partial charge in [-0.25, -0.2) is 0 Å². The van der Waals surface area contributed by atoms with Gasteiger partial charge >= 0.3 is 0 Å². The van der Waals surface area contributed by atoms with E-state index in [-0.39, 0.29) is 0 Å². The van der Waals surface area contributed by atoms with Gasteiger partial charge in [-0.15, -0.1) is 0 Å². The molecule has 0 aliphatic carbocycles. The average molecular weight is 157 g/mol. The summed E-state index contributed by atoms with van der Waals surface area (Å²) in [7, 11) is 0.